The van der Waals surface area contributed by atoms with E-state index in [2.05, 4.69) is 15.8 Å². The van der Waals surface area contributed by atoms with Gasteiger partial charge in [-0.3, -0.25) is 9.59 Å². The van der Waals surface area contributed by atoms with Crippen molar-refractivity contribution in [1.82, 2.24) is 5.43 Å². The molecule has 0 aromatic heterocycles. The van der Waals surface area contributed by atoms with Crippen LogP contribution in [0.25, 0.3) is 0 Å². The van der Waals surface area contributed by atoms with Crippen LogP contribution in [0.15, 0.2) is 29.4 Å². The number of hydrogen-bond donors (Lipinski definition) is 2. The minimum Gasteiger partial charge on any atom is -0.326 e. The number of anilines is 1. The molecule has 3 aliphatic rings. The molecule has 5 heteroatoms. The Balaban J connectivity index is 1.32. The van der Waals surface area contributed by atoms with E-state index in [1.807, 2.05) is 0 Å². The molecular formula is C21H27N3O2. The maximum atomic E-state index is 12.3. The number of amides is 2. The Hall–Kier alpha value is -2.17. The molecule has 2 amide bonds. The molecule has 0 unspecified atom stereocenters. The molecule has 3 aliphatic carbocycles. The molecule has 0 heterocycles. The Morgan fingerprint density at radius 2 is 1.42 bits per heavy atom. The van der Waals surface area contributed by atoms with E-state index in [-0.39, 0.29) is 17.7 Å². The Morgan fingerprint density at radius 3 is 2.00 bits per heavy atom. The molecule has 26 heavy (non-hydrogen) atoms. The first-order valence-electron chi connectivity index (χ1n) is 9.99. The number of benzene rings is 1. The molecule has 1 aromatic carbocycles. The second kappa shape index (κ2) is 7.60. The van der Waals surface area contributed by atoms with Crippen molar-refractivity contribution in [1.29, 1.82) is 0 Å². The summed E-state index contributed by atoms with van der Waals surface area (Å²) in [6, 6.07) is 7.08. The molecule has 138 valence electrons. The van der Waals surface area contributed by atoms with E-state index in [4.69, 9.17) is 0 Å². The van der Waals surface area contributed by atoms with Crippen LogP contribution >= 0.6 is 0 Å². The largest absolute Gasteiger partial charge is 0.326 e. The van der Waals surface area contributed by atoms with Crippen LogP contribution in [0.3, 0.4) is 0 Å². The first kappa shape index (κ1) is 17.3. The number of nitrogens with zero attached hydrogens (tertiary/aromatic N) is 1. The van der Waals surface area contributed by atoms with Gasteiger partial charge in [0, 0.05) is 22.9 Å². The van der Waals surface area contributed by atoms with Gasteiger partial charge in [0.1, 0.15) is 0 Å². The van der Waals surface area contributed by atoms with Crippen molar-refractivity contribution in [2.75, 3.05) is 5.32 Å². The normalized spacial score (nSPS) is 20.3. The highest BCUT2D eigenvalue weighted by Crippen LogP contribution is 2.41. The van der Waals surface area contributed by atoms with Gasteiger partial charge in [-0.15, -0.1) is 0 Å². The fourth-order valence-electron chi connectivity index (χ4n) is 3.77. The lowest BCUT2D eigenvalue weighted by molar-refractivity contribution is -0.120. The van der Waals surface area contributed by atoms with Crippen LogP contribution in [0.2, 0.25) is 0 Å². The van der Waals surface area contributed by atoms with Crippen LogP contribution in [0.5, 0.6) is 0 Å². The number of nitrogens with one attached hydrogen (secondary N) is 2. The van der Waals surface area contributed by atoms with E-state index >= 15 is 0 Å². The van der Waals surface area contributed by atoms with E-state index in [0.29, 0.717) is 17.4 Å². The van der Waals surface area contributed by atoms with Crippen molar-refractivity contribution < 1.29 is 9.59 Å². The summed E-state index contributed by atoms with van der Waals surface area (Å²) in [5.41, 5.74) is 5.22. The highest BCUT2D eigenvalue weighted by atomic mass is 16.2. The molecule has 0 saturated heterocycles. The summed E-state index contributed by atoms with van der Waals surface area (Å²) in [6.07, 6.45) is 10.3. The minimum atomic E-state index is -0.186. The lowest BCUT2D eigenvalue weighted by atomic mass is 9.88. The number of rotatable bonds is 6. The highest BCUT2D eigenvalue weighted by Gasteiger charge is 2.38. The van der Waals surface area contributed by atoms with Crippen molar-refractivity contribution in [2.45, 2.75) is 57.8 Å². The predicted octanol–water partition coefficient (Wildman–Crippen LogP) is 4.11. The Labute approximate surface area is 154 Å². The molecule has 0 bridgehead atoms. The number of hydrazone groups is 1. The van der Waals surface area contributed by atoms with Crippen LogP contribution in [0, 0.1) is 17.8 Å². The van der Waals surface area contributed by atoms with Gasteiger partial charge in [-0.05, 0) is 74.6 Å². The summed E-state index contributed by atoms with van der Waals surface area (Å²) in [5.74, 6) is 1.24. The van der Waals surface area contributed by atoms with Crippen molar-refractivity contribution in [2.24, 2.45) is 22.9 Å². The molecule has 2 N–H and O–H groups in total. The van der Waals surface area contributed by atoms with E-state index in [9.17, 15) is 9.59 Å². The molecule has 0 radical (unpaired) electrons. The lowest BCUT2D eigenvalue weighted by Crippen LogP contribution is -2.25. The first-order valence-corrected chi connectivity index (χ1v) is 9.99. The molecule has 3 saturated carbocycles. The van der Waals surface area contributed by atoms with Gasteiger partial charge in [-0.1, -0.05) is 19.3 Å². The average Bonchev–Trinajstić information content (AvgIpc) is 3.57. The maximum Gasteiger partial charge on any atom is 0.271 e. The van der Waals surface area contributed by atoms with Gasteiger partial charge in [0.05, 0.1) is 0 Å². The van der Waals surface area contributed by atoms with Crippen molar-refractivity contribution in [3.05, 3.63) is 29.8 Å². The second-order valence-corrected chi connectivity index (χ2v) is 7.93. The topological polar surface area (TPSA) is 70.6 Å². The Morgan fingerprint density at radius 1 is 0.808 bits per heavy atom. The van der Waals surface area contributed by atoms with Crippen molar-refractivity contribution >= 4 is 23.2 Å². The molecule has 0 aliphatic heterocycles. The van der Waals surface area contributed by atoms with E-state index in [1.54, 1.807) is 24.3 Å². The van der Waals surface area contributed by atoms with Gasteiger partial charge < -0.3 is 5.32 Å². The lowest BCUT2D eigenvalue weighted by Gasteiger charge is -2.20. The number of hydrogen-bond acceptors (Lipinski definition) is 3. The van der Waals surface area contributed by atoms with E-state index in [1.165, 1.54) is 37.8 Å². The van der Waals surface area contributed by atoms with Gasteiger partial charge in [-0.25, -0.2) is 5.43 Å². The number of carbonyl (C=O) groups is 2. The van der Waals surface area contributed by atoms with Gasteiger partial charge in [0.15, 0.2) is 0 Å². The summed E-state index contributed by atoms with van der Waals surface area (Å²) in [4.78, 5) is 24.6. The zero-order valence-electron chi connectivity index (χ0n) is 15.2. The molecule has 3 fully saturated rings. The zero-order valence-corrected chi connectivity index (χ0v) is 15.2. The van der Waals surface area contributed by atoms with Gasteiger partial charge in [0.25, 0.3) is 5.91 Å². The SMILES string of the molecule is O=C(NN=C(C1CC1)C1CC1)c1ccc(NC(=O)C2CCCCC2)cc1. The van der Waals surface area contributed by atoms with Crippen LogP contribution in [-0.4, -0.2) is 17.5 Å². The molecule has 4 rings (SSSR count). The fourth-order valence-corrected chi connectivity index (χ4v) is 3.77. The maximum absolute atomic E-state index is 12.3. The monoisotopic (exact) mass is 353 g/mol. The van der Waals surface area contributed by atoms with Crippen LogP contribution in [-0.2, 0) is 4.79 Å². The summed E-state index contributed by atoms with van der Waals surface area (Å²) in [6.45, 7) is 0. The summed E-state index contributed by atoms with van der Waals surface area (Å²) in [7, 11) is 0. The van der Waals surface area contributed by atoms with Crippen LogP contribution in [0.1, 0.15) is 68.1 Å². The second-order valence-electron chi connectivity index (χ2n) is 7.93. The Kier molecular flexibility index (Phi) is 5.05. The highest BCUT2D eigenvalue weighted by molar-refractivity contribution is 5.98. The Bertz CT molecular complexity index is 682. The smallest absolute Gasteiger partial charge is 0.271 e. The van der Waals surface area contributed by atoms with E-state index < -0.39 is 0 Å². The quantitative estimate of drug-likeness (QED) is 0.597. The first-order chi connectivity index (χ1) is 12.7. The third-order valence-electron chi connectivity index (χ3n) is 5.67. The molecule has 0 spiro atoms. The summed E-state index contributed by atoms with van der Waals surface area (Å²) in [5, 5.41) is 7.38. The molecule has 5 nitrogen and oxygen atoms in total. The molecular weight excluding hydrogens is 326 g/mol. The van der Waals surface area contributed by atoms with Crippen LogP contribution in [0.4, 0.5) is 5.69 Å². The van der Waals surface area contributed by atoms with Gasteiger partial charge in [0.2, 0.25) is 5.91 Å². The standard InChI is InChI=1S/C21H27N3O2/c25-20(16-4-2-1-3-5-16)22-18-12-10-17(11-13-18)21(26)24-23-19(14-6-7-14)15-8-9-15/h10-16H,1-9H2,(H,22,25)(H,24,26). The summed E-state index contributed by atoms with van der Waals surface area (Å²) >= 11 is 0. The number of carbonyl (C=O) groups excluding carboxylic acids is 2. The molecule has 1 aromatic rings. The van der Waals surface area contributed by atoms with Gasteiger partial charge >= 0.3 is 0 Å². The van der Waals surface area contributed by atoms with Crippen molar-refractivity contribution in [3.8, 4) is 0 Å². The van der Waals surface area contributed by atoms with Crippen molar-refractivity contribution in [3.63, 3.8) is 0 Å². The minimum absolute atomic E-state index is 0.102. The summed E-state index contributed by atoms with van der Waals surface area (Å²) < 4.78 is 0. The van der Waals surface area contributed by atoms with Crippen LogP contribution < -0.4 is 10.7 Å². The molecule has 0 atom stereocenters. The fraction of sp³-hybridized carbons (Fsp3) is 0.571. The average molecular weight is 353 g/mol. The third-order valence-corrected chi connectivity index (χ3v) is 5.67. The zero-order chi connectivity index (χ0) is 17.9. The van der Waals surface area contributed by atoms with E-state index in [0.717, 1.165) is 31.4 Å². The van der Waals surface area contributed by atoms with Gasteiger partial charge in [-0.2, -0.15) is 5.10 Å². The third kappa shape index (κ3) is 4.32. The predicted molar refractivity (Wildman–Crippen MR) is 102 cm³/mol.